The first-order chi connectivity index (χ1) is 9.15. The van der Waals surface area contributed by atoms with E-state index in [0.717, 1.165) is 19.3 Å². The van der Waals surface area contributed by atoms with Crippen molar-refractivity contribution in [1.82, 2.24) is 15.1 Å². The van der Waals surface area contributed by atoms with Crippen molar-refractivity contribution in [2.45, 2.75) is 37.5 Å². The van der Waals surface area contributed by atoms with Crippen LogP contribution in [0.4, 0.5) is 0 Å². The van der Waals surface area contributed by atoms with Crippen molar-refractivity contribution in [2.75, 3.05) is 14.2 Å². The summed E-state index contributed by atoms with van der Waals surface area (Å²) >= 11 is 0. The van der Waals surface area contributed by atoms with Gasteiger partial charge in [-0.25, -0.2) is 0 Å². The highest BCUT2D eigenvalue weighted by Crippen LogP contribution is 2.25. The molecule has 104 valence electrons. The standard InChI is InChI=1S/C13H19N3O3/c1-16(13(18)9-5-4-8-14-15-9)10-6-3-7-11(19-2)12(10)17/h4-5,8,10-12,17H,3,6-7H2,1-2H3/t10-,11-,12-/m1/s1. The maximum absolute atomic E-state index is 12.3. The number of hydrogen-bond acceptors (Lipinski definition) is 5. The van der Waals surface area contributed by atoms with Crippen LogP contribution in [-0.4, -0.2) is 58.5 Å². The third kappa shape index (κ3) is 2.90. The number of amides is 1. The Hall–Kier alpha value is -1.53. The van der Waals surface area contributed by atoms with Gasteiger partial charge in [0.1, 0.15) is 6.10 Å². The van der Waals surface area contributed by atoms with Crippen LogP contribution in [0.2, 0.25) is 0 Å². The van der Waals surface area contributed by atoms with E-state index in [1.165, 1.54) is 6.20 Å². The summed E-state index contributed by atoms with van der Waals surface area (Å²) in [6.07, 6.45) is 3.16. The van der Waals surface area contributed by atoms with Crippen LogP contribution in [0.3, 0.4) is 0 Å². The average Bonchev–Trinajstić information content (AvgIpc) is 2.47. The molecule has 1 amide bonds. The number of rotatable bonds is 3. The van der Waals surface area contributed by atoms with E-state index in [0.29, 0.717) is 0 Å². The van der Waals surface area contributed by atoms with E-state index in [-0.39, 0.29) is 23.7 Å². The molecular weight excluding hydrogens is 246 g/mol. The van der Waals surface area contributed by atoms with Crippen LogP contribution in [0.15, 0.2) is 18.3 Å². The molecule has 0 aliphatic heterocycles. The number of aromatic nitrogens is 2. The predicted molar refractivity (Wildman–Crippen MR) is 68.6 cm³/mol. The quantitative estimate of drug-likeness (QED) is 0.860. The number of carbonyl (C=O) groups excluding carboxylic acids is 1. The summed E-state index contributed by atoms with van der Waals surface area (Å²) in [6, 6.07) is 3.05. The summed E-state index contributed by atoms with van der Waals surface area (Å²) in [5.74, 6) is -0.228. The fraction of sp³-hybridized carbons (Fsp3) is 0.615. The molecule has 6 heteroatoms. The minimum Gasteiger partial charge on any atom is -0.388 e. The molecule has 3 atom stereocenters. The van der Waals surface area contributed by atoms with Gasteiger partial charge in [-0.1, -0.05) is 0 Å². The van der Waals surface area contributed by atoms with Gasteiger partial charge in [0.2, 0.25) is 0 Å². The number of carbonyl (C=O) groups is 1. The Morgan fingerprint density at radius 2 is 2.32 bits per heavy atom. The first-order valence-corrected chi connectivity index (χ1v) is 6.41. The second-order valence-electron chi connectivity index (χ2n) is 4.79. The molecule has 0 saturated heterocycles. The van der Waals surface area contributed by atoms with E-state index in [1.807, 2.05) is 0 Å². The lowest BCUT2D eigenvalue weighted by atomic mass is 9.89. The third-order valence-corrected chi connectivity index (χ3v) is 3.68. The second-order valence-corrected chi connectivity index (χ2v) is 4.79. The van der Waals surface area contributed by atoms with Crippen molar-refractivity contribution >= 4 is 5.91 Å². The highest BCUT2D eigenvalue weighted by atomic mass is 16.5. The molecular formula is C13H19N3O3. The highest BCUT2D eigenvalue weighted by molar-refractivity contribution is 5.92. The lowest BCUT2D eigenvalue weighted by molar-refractivity contribution is -0.0715. The van der Waals surface area contributed by atoms with Crippen LogP contribution < -0.4 is 0 Å². The Morgan fingerprint density at radius 3 is 2.95 bits per heavy atom. The number of ether oxygens (including phenoxy) is 1. The van der Waals surface area contributed by atoms with Crippen LogP contribution in [0.25, 0.3) is 0 Å². The molecule has 1 aromatic rings. The number of nitrogens with zero attached hydrogens (tertiary/aromatic N) is 3. The third-order valence-electron chi connectivity index (χ3n) is 3.68. The van der Waals surface area contributed by atoms with Crippen LogP contribution in [0.1, 0.15) is 29.8 Å². The normalized spacial score (nSPS) is 27.0. The Kier molecular flexibility index (Phi) is 4.44. The molecule has 1 aliphatic rings. The van der Waals surface area contributed by atoms with Gasteiger partial charge in [-0.15, -0.1) is 5.10 Å². The molecule has 19 heavy (non-hydrogen) atoms. The van der Waals surface area contributed by atoms with Gasteiger partial charge in [0.15, 0.2) is 5.69 Å². The summed E-state index contributed by atoms with van der Waals surface area (Å²) in [5, 5.41) is 17.7. The summed E-state index contributed by atoms with van der Waals surface area (Å²) in [7, 11) is 3.27. The lowest BCUT2D eigenvalue weighted by Gasteiger charge is -2.38. The fourth-order valence-corrected chi connectivity index (χ4v) is 2.54. The molecule has 0 bridgehead atoms. The SMILES string of the molecule is CO[C@@H]1CCC[C@@H](N(C)C(=O)c2cccnn2)[C@H]1O. The zero-order valence-electron chi connectivity index (χ0n) is 11.2. The molecule has 0 radical (unpaired) electrons. The van der Waals surface area contributed by atoms with Crippen molar-refractivity contribution in [3.63, 3.8) is 0 Å². The predicted octanol–water partition coefficient (Wildman–Crippen LogP) is 0.477. The van der Waals surface area contributed by atoms with E-state index in [4.69, 9.17) is 4.74 Å². The average molecular weight is 265 g/mol. The van der Waals surface area contributed by atoms with E-state index in [2.05, 4.69) is 10.2 Å². The molecule has 1 aliphatic carbocycles. The van der Waals surface area contributed by atoms with Gasteiger partial charge < -0.3 is 14.7 Å². The number of methoxy groups -OCH3 is 1. The lowest BCUT2D eigenvalue weighted by Crippen LogP contribution is -2.52. The molecule has 1 N–H and O–H groups in total. The van der Waals surface area contributed by atoms with Crippen LogP contribution >= 0.6 is 0 Å². The number of likely N-dealkylation sites (N-methyl/N-ethyl adjacent to an activating group) is 1. The van der Waals surface area contributed by atoms with Crippen molar-refractivity contribution in [1.29, 1.82) is 0 Å². The Balaban J connectivity index is 2.10. The first kappa shape index (κ1) is 13.9. The molecule has 0 spiro atoms. The summed E-state index contributed by atoms with van der Waals surface area (Å²) in [5.41, 5.74) is 0.289. The number of hydrogen-bond donors (Lipinski definition) is 1. The van der Waals surface area contributed by atoms with E-state index in [1.54, 1.807) is 31.2 Å². The van der Waals surface area contributed by atoms with Crippen molar-refractivity contribution < 1.29 is 14.6 Å². The number of aliphatic hydroxyl groups is 1. The van der Waals surface area contributed by atoms with Gasteiger partial charge in [-0.3, -0.25) is 4.79 Å². The second kappa shape index (κ2) is 6.08. The molecule has 1 heterocycles. The largest absolute Gasteiger partial charge is 0.388 e. The molecule has 6 nitrogen and oxygen atoms in total. The summed E-state index contributed by atoms with van der Waals surface area (Å²) < 4.78 is 5.25. The maximum atomic E-state index is 12.3. The maximum Gasteiger partial charge on any atom is 0.274 e. The van der Waals surface area contributed by atoms with E-state index >= 15 is 0 Å². The first-order valence-electron chi connectivity index (χ1n) is 6.41. The zero-order valence-corrected chi connectivity index (χ0v) is 11.2. The van der Waals surface area contributed by atoms with Crippen LogP contribution in [-0.2, 0) is 4.74 Å². The Bertz CT molecular complexity index is 426. The molecule has 0 unspecified atom stereocenters. The van der Waals surface area contributed by atoms with Crippen LogP contribution in [0, 0.1) is 0 Å². The van der Waals surface area contributed by atoms with E-state index < -0.39 is 6.10 Å². The van der Waals surface area contributed by atoms with Crippen molar-refractivity contribution in [3.05, 3.63) is 24.0 Å². The minimum absolute atomic E-state index is 0.212. The smallest absolute Gasteiger partial charge is 0.274 e. The van der Waals surface area contributed by atoms with Gasteiger partial charge in [0, 0.05) is 20.4 Å². The zero-order chi connectivity index (χ0) is 13.8. The van der Waals surface area contributed by atoms with Crippen molar-refractivity contribution in [3.8, 4) is 0 Å². The Labute approximate surface area is 112 Å². The molecule has 1 fully saturated rings. The Morgan fingerprint density at radius 1 is 1.53 bits per heavy atom. The minimum atomic E-state index is -0.663. The monoisotopic (exact) mass is 265 g/mol. The summed E-state index contributed by atoms with van der Waals surface area (Å²) in [6.45, 7) is 0. The summed E-state index contributed by atoms with van der Waals surface area (Å²) in [4.78, 5) is 13.8. The van der Waals surface area contributed by atoms with Gasteiger partial charge in [0.05, 0.1) is 12.1 Å². The fourth-order valence-electron chi connectivity index (χ4n) is 2.54. The van der Waals surface area contributed by atoms with Crippen LogP contribution in [0.5, 0.6) is 0 Å². The molecule has 2 rings (SSSR count). The molecule has 1 saturated carbocycles. The van der Waals surface area contributed by atoms with Gasteiger partial charge in [-0.2, -0.15) is 5.10 Å². The van der Waals surface area contributed by atoms with Gasteiger partial charge in [-0.05, 0) is 31.4 Å². The number of aliphatic hydroxyl groups excluding tert-OH is 1. The molecule has 0 aromatic carbocycles. The van der Waals surface area contributed by atoms with Gasteiger partial charge >= 0.3 is 0 Å². The van der Waals surface area contributed by atoms with Crippen molar-refractivity contribution in [2.24, 2.45) is 0 Å². The topological polar surface area (TPSA) is 75.5 Å². The van der Waals surface area contributed by atoms with Gasteiger partial charge in [0.25, 0.3) is 5.91 Å². The van der Waals surface area contributed by atoms with E-state index in [9.17, 15) is 9.90 Å². The molecule has 1 aromatic heterocycles. The highest BCUT2D eigenvalue weighted by Gasteiger charge is 2.36.